The van der Waals surface area contributed by atoms with Gasteiger partial charge >= 0.3 is 5.97 Å². The van der Waals surface area contributed by atoms with Crippen LogP contribution in [0.2, 0.25) is 5.02 Å². The Balaban J connectivity index is 2.13. The minimum Gasteiger partial charge on any atom is -0.478 e. The molecule has 100 valence electrons. The third-order valence-corrected chi connectivity index (χ3v) is 3.19. The van der Waals surface area contributed by atoms with Crippen molar-refractivity contribution in [1.82, 2.24) is 0 Å². The van der Waals surface area contributed by atoms with Gasteiger partial charge < -0.3 is 9.52 Å². The molecule has 0 bridgehead atoms. The van der Waals surface area contributed by atoms with Crippen LogP contribution in [0.5, 0.6) is 0 Å². The second-order valence-corrected chi connectivity index (χ2v) is 4.73. The van der Waals surface area contributed by atoms with Crippen molar-refractivity contribution >= 4 is 28.5 Å². The van der Waals surface area contributed by atoms with E-state index in [1.807, 2.05) is 0 Å². The third kappa shape index (κ3) is 2.14. The number of carboxylic acids is 1. The fraction of sp³-hybridized carbons (Fsp3) is 0. The molecule has 1 heterocycles. The maximum atomic E-state index is 14.0. The summed E-state index contributed by atoms with van der Waals surface area (Å²) in [6.45, 7) is 0. The van der Waals surface area contributed by atoms with Crippen LogP contribution in [0.1, 0.15) is 10.4 Å². The topological polar surface area (TPSA) is 50.4 Å². The van der Waals surface area contributed by atoms with Crippen molar-refractivity contribution in [2.45, 2.75) is 0 Å². The quantitative estimate of drug-likeness (QED) is 0.751. The van der Waals surface area contributed by atoms with Crippen LogP contribution in [0.3, 0.4) is 0 Å². The second-order valence-electron chi connectivity index (χ2n) is 4.29. The number of hydrogen-bond donors (Lipinski definition) is 1. The summed E-state index contributed by atoms with van der Waals surface area (Å²) in [6.07, 6.45) is 0. The van der Waals surface area contributed by atoms with Gasteiger partial charge in [0.1, 0.15) is 17.2 Å². The lowest BCUT2D eigenvalue weighted by molar-refractivity contribution is 0.0696. The van der Waals surface area contributed by atoms with Gasteiger partial charge in [0.25, 0.3) is 0 Å². The normalized spacial score (nSPS) is 10.9. The smallest absolute Gasteiger partial charge is 0.335 e. The zero-order valence-electron chi connectivity index (χ0n) is 10.1. The molecule has 3 rings (SSSR count). The van der Waals surface area contributed by atoms with Gasteiger partial charge in [0.15, 0.2) is 0 Å². The van der Waals surface area contributed by atoms with Gasteiger partial charge in [-0.3, -0.25) is 0 Å². The number of aromatic carboxylic acids is 1. The standard InChI is InChI=1S/C15H8ClFO3/c16-10-2-4-13-9(5-10)7-14(20-13)11-3-1-8(15(18)19)6-12(11)17/h1-7H,(H,18,19). The third-order valence-electron chi connectivity index (χ3n) is 2.96. The highest BCUT2D eigenvalue weighted by Crippen LogP contribution is 2.31. The minimum atomic E-state index is -1.17. The molecule has 1 N–H and O–H groups in total. The number of benzene rings is 2. The van der Waals surface area contributed by atoms with Crippen LogP contribution in [0.4, 0.5) is 4.39 Å². The molecule has 0 aliphatic rings. The summed E-state index contributed by atoms with van der Waals surface area (Å²) in [5, 5.41) is 10.1. The first kappa shape index (κ1) is 12.7. The maximum absolute atomic E-state index is 14.0. The monoisotopic (exact) mass is 290 g/mol. The largest absolute Gasteiger partial charge is 0.478 e. The predicted molar refractivity (Wildman–Crippen MR) is 73.6 cm³/mol. The van der Waals surface area contributed by atoms with E-state index in [1.165, 1.54) is 12.1 Å². The molecule has 0 fully saturated rings. The number of carboxylic acid groups (broad SMARTS) is 1. The minimum absolute atomic E-state index is 0.106. The molecule has 0 spiro atoms. The molecule has 20 heavy (non-hydrogen) atoms. The number of furan rings is 1. The number of halogens is 2. The van der Waals surface area contributed by atoms with Crippen LogP contribution in [-0.2, 0) is 0 Å². The summed E-state index contributed by atoms with van der Waals surface area (Å²) in [7, 11) is 0. The lowest BCUT2D eigenvalue weighted by atomic mass is 10.1. The van der Waals surface area contributed by atoms with Crippen LogP contribution in [-0.4, -0.2) is 11.1 Å². The van der Waals surface area contributed by atoms with Crippen LogP contribution in [0.25, 0.3) is 22.3 Å². The van der Waals surface area contributed by atoms with Gasteiger partial charge in [-0.15, -0.1) is 0 Å². The van der Waals surface area contributed by atoms with Crippen molar-refractivity contribution in [1.29, 1.82) is 0 Å². The fourth-order valence-electron chi connectivity index (χ4n) is 1.99. The van der Waals surface area contributed by atoms with E-state index in [-0.39, 0.29) is 11.1 Å². The highest BCUT2D eigenvalue weighted by molar-refractivity contribution is 6.31. The molecule has 0 aliphatic heterocycles. The molecule has 2 aromatic carbocycles. The average Bonchev–Trinajstić information content (AvgIpc) is 2.80. The highest BCUT2D eigenvalue weighted by atomic mass is 35.5. The first-order chi connectivity index (χ1) is 9.54. The summed E-state index contributed by atoms with van der Waals surface area (Å²) in [4.78, 5) is 10.8. The first-order valence-corrected chi connectivity index (χ1v) is 6.15. The molecule has 0 aliphatic carbocycles. The van der Waals surface area contributed by atoms with Crippen LogP contribution >= 0.6 is 11.6 Å². The van der Waals surface area contributed by atoms with Crippen molar-refractivity contribution in [3.05, 3.63) is 58.9 Å². The molecule has 1 aromatic heterocycles. The molecule has 0 unspecified atom stereocenters. The van der Waals surface area contributed by atoms with E-state index in [0.29, 0.717) is 16.4 Å². The van der Waals surface area contributed by atoms with E-state index in [4.69, 9.17) is 21.1 Å². The molecular formula is C15H8ClFO3. The summed E-state index contributed by atoms with van der Waals surface area (Å²) in [5.41, 5.74) is 0.693. The van der Waals surface area contributed by atoms with Crippen molar-refractivity contribution in [3.8, 4) is 11.3 Å². The highest BCUT2D eigenvalue weighted by Gasteiger charge is 2.13. The zero-order chi connectivity index (χ0) is 14.3. The van der Waals surface area contributed by atoms with E-state index in [2.05, 4.69) is 0 Å². The van der Waals surface area contributed by atoms with Gasteiger partial charge in [-0.2, -0.15) is 0 Å². The van der Waals surface area contributed by atoms with Crippen LogP contribution in [0.15, 0.2) is 46.9 Å². The molecule has 0 saturated heterocycles. The lowest BCUT2D eigenvalue weighted by Gasteiger charge is -2.00. The van der Waals surface area contributed by atoms with E-state index >= 15 is 0 Å². The van der Waals surface area contributed by atoms with Gasteiger partial charge in [-0.1, -0.05) is 11.6 Å². The molecule has 0 atom stereocenters. The number of fused-ring (bicyclic) bond motifs is 1. The van der Waals surface area contributed by atoms with E-state index < -0.39 is 11.8 Å². The predicted octanol–water partition coefficient (Wildman–Crippen LogP) is 4.59. The summed E-state index contributed by atoms with van der Waals surface area (Å²) < 4.78 is 19.5. The summed E-state index contributed by atoms with van der Waals surface area (Å²) in [6, 6.07) is 10.5. The number of rotatable bonds is 2. The van der Waals surface area contributed by atoms with Crippen LogP contribution < -0.4 is 0 Å². The van der Waals surface area contributed by atoms with E-state index in [1.54, 1.807) is 24.3 Å². The zero-order valence-corrected chi connectivity index (χ0v) is 10.8. The number of hydrogen-bond acceptors (Lipinski definition) is 2. The Hall–Kier alpha value is -2.33. The van der Waals surface area contributed by atoms with Crippen LogP contribution in [0, 0.1) is 5.82 Å². The lowest BCUT2D eigenvalue weighted by Crippen LogP contribution is -1.97. The second kappa shape index (κ2) is 4.65. The molecule has 0 saturated carbocycles. The van der Waals surface area contributed by atoms with Gasteiger partial charge in [0, 0.05) is 10.4 Å². The maximum Gasteiger partial charge on any atom is 0.335 e. The van der Waals surface area contributed by atoms with E-state index in [0.717, 1.165) is 11.5 Å². The van der Waals surface area contributed by atoms with E-state index in [9.17, 15) is 9.18 Å². The van der Waals surface area contributed by atoms with Gasteiger partial charge in [0.05, 0.1) is 11.1 Å². The molecule has 0 amide bonds. The molecule has 5 heteroatoms. The van der Waals surface area contributed by atoms with Crippen molar-refractivity contribution < 1.29 is 18.7 Å². The first-order valence-electron chi connectivity index (χ1n) is 5.77. The molecular weight excluding hydrogens is 283 g/mol. The summed E-state index contributed by atoms with van der Waals surface area (Å²) >= 11 is 5.88. The fourth-order valence-corrected chi connectivity index (χ4v) is 2.18. The Morgan fingerprint density at radius 2 is 1.95 bits per heavy atom. The van der Waals surface area contributed by atoms with Gasteiger partial charge in [-0.05, 0) is 42.5 Å². The van der Waals surface area contributed by atoms with Gasteiger partial charge in [0.2, 0.25) is 0 Å². The number of carbonyl (C=O) groups is 1. The SMILES string of the molecule is O=C(O)c1ccc(-c2cc3cc(Cl)ccc3o2)c(F)c1. The molecule has 3 aromatic rings. The van der Waals surface area contributed by atoms with Crippen molar-refractivity contribution in [3.63, 3.8) is 0 Å². The van der Waals surface area contributed by atoms with Crippen molar-refractivity contribution in [2.24, 2.45) is 0 Å². The Morgan fingerprint density at radius 3 is 2.65 bits per heavy atom. The molecule has 3 nitrogen and oxygen atoms in total. The Labute approximate surface area is 118 Å². The molecule has 0 radical (unpaired) electrons. The average molecular weight is 291 g/mol. The van der Waals surface area contributed by atoms with Gasteiger partial charge in [-0.25, -0.2) is 9.18 Å². The van der Waals surface area contributed by atoms with Crippen molar-refractivity contribution in [2.75, 3.05) is 0 Å². The Morgan fingerprint density at radius 1 is 1.15 bits per heavy atom. The summed E-state index contributed by atoms with van der Waals surface area (Å²) in [5.74, 6) is -1.49. The Bertz CT molecular complexity index is 823. The Kier molecular flexibility index (Phi) is 2.95.